The molecule has 0 spiro atoms. The molecule has 0 fully saturated rings. The second kappa shape index (κ2) is 8.30. The summed E-state index contributed by atoms with van der Waals surface area (Å²) in [6.45, 7) is 0. The molecule has 2 N–H and O–H groups in total. The summed E-state index contributed by atoms with van der Waals surface area (Å²) >= 11 is 12.4. The number of hydrogen-bond donors (Lipinski definition) is 2. The van der Waals surface area contributed by atoms with E-state index in [9.17, 15) is 10.2 Å². The molecule has 2 aromatic rings. The van der Waals surface area contributed by atoms with Gasteiger partial charge in [-0.25, -0.2) is 0 Å². The average Bonchev–Trinajstić information content (AvgIpc) is 2.52. The van der Waals surface area contributed by atoms with Crippen LogP contribution in [-0.2, 0) is 0 Å². The summed E-state index contributed by atoms with van der Waals surface area (Å²) in [6.07, 6.45) is 2.79. The first-order chi connectivity index (χ1) is 10.6. The monoisotopic (exact) mass is 338 g/mol. The molecule has 0 heterocycles. The molecule has 1 atom stereocenters. The van der Waals surface area contributed by atoms with Crippen molar-refractivity contribution in [1.29, 1.82) is 0 Å². The molecule has 0 bridgehead atoms. The van der Waals surface area contributed by atoms with Crippen LogP contribution >= 0.6 is 23.2 Å². The molecule has 0 aromatic heterocycles. The number of phenols is 2. The Hall–Kier alpha value is -1.38. The lowest BCUT2D eigenvalue weighted by molar-refractivity contribution is 0.475. The van der Waals surface area contributed by atoms with Crippen LogP contribution in [0.3, 0.4) is 0 Å². The largest absolute Gasteiger partial charge is 0.508 e. The molecular weight excluding hydrogens is 319 g/mol. The number of hydrogen-bond acceptors (Lipinski definition) is 2. The van der Waals surface area contributed by atoms with Crippen molar-refractivity contribution < 1.29 is 10.2 Å². The van der Waals surface area contributed by atoms with E-state index in [1.165, 1.54) is 0 Å². The number of rotatable bonds is 7. The van der Waals surface area contributed by atoms with E-state index >= 15 is 0 Å². The third-order valence-corrected chi connectivity index (χ3v) is 4.47. The van der Waals surface area contributed by atoms with Crippen LogP contribution in [0.15, 0.2) is 48.5 Å². The van der Waals surface area contributed by atoms with Gasteiger partial charge >= 0.3 is 0 Å². The van der Waals surface area contributed by atoms with E-state index in [0.29, 0.717) is 5.88 Å². The van der Waals surface area contributed by atoms with Crippen LogP contribution < -0.4 is 0 Å². The van der Waals surface area contributed by atoms with Crippen LogP contribution in [0.1, 0.15) is 36.3 Å². The SMILES string of the molecule is Oc1ccc(C(c2ccc(O)cc2)C(Cl)CCCCCl)cc1. The molecule has 2 rings (SSSR count). The summed E-state index contributed by atoms with van der Waals surface area (Å²) in [5, 5.41) is 18.9. The highest BCUT2D eigenvalue weighted by atomic mass is 35.5. The summed E-state index contributed by atoms with van der Waals surface area (Å²) in [5.41, 5.74) is 2.10. The highest BCUT2D eigenvalue weighted by Crippen LogP contribution is 2.35. The van der Waals surface area contributed by atoms with Gasteiger partial charge in [-0.15, -0.1) is 23.2 Å². The van der Waals surface area contributed by atoms with E-state index in [-0.39, 0.29) is 22.8 Å². The zero-order valence-corrected chi connectivity index (χ0v) is 13.8. The maximum Gasteiger partial charge on any atom is 0.115 e. The van der Waals surface area contributed by atoms with Crippen LogP contribution in [0.2, 0.25) is 0 Å². The van der Waals surface area contributed by atoms with Crippen molar-refractivity contribution in [3.63, 3.8) is 0 Å². The van der Waals surface area contributed by atoms with Crippen LogP contribution in [0.4, 0.5) is 0 Å². The molecule has 118 valence electrons. The number of alkyl halides is 2. The number of benzene rings is 2. The normalized spacial score (nSPS) is 12.5. The minimum absolute atomic E-state index is 0.0122. The van der Waals surface area contributed by atoms with Gasteiger partial charge in [-0.3, -0.25) is 0 Å². The first-order valence-corrected chi connectivity index (χ1v) is 8.37. The lowest BCUT2D eigenvalue weighted by atomic mass is 9.86. The molecule has 0 saturated heterocycles. The predicted molar refractivity (Wildman–Crippen MR) is 92.3 cm³/mol. The smallest absolute Gasteiger partial charge is 0.115 e. The second-order valence-electron chi connectivity index (χ2n) is 5.36. The Kier molecular flexibility index (Phi) is 6.41. The minimum atomic E-state index is -0.0719. The standard InChI is InChI=1S/C18H20Cl2O2/c19-12-2-1-3-17(20)18(13-4-8-15(21)9-5-13)14-6-10-16(22)11-7-14/h4-11,17-18,21-22H,1-3,12H2. The maximum absolute atomic E-state index is 9.48. The molecule has 0 saturated carbocycles. The molecule has 2 aromatic carbocycles. The van der Waals surface area contributed by atoms with Gasteiger partial charge < -0.3 is 10.2 Å². The molecule has 0 aliphatic heterocycles. The summed E-state index contributed by atoms with van der Waals surface area (Å²) < 4.78 is 0. The van der Waals surface area contributed by atoms with Gasteiger partial charge in [0.05, 0.1) is 0 Å². The van der Waals surface area contributed by atoms with Crippen molar-refractivity contribution in [1.82, 2.24) is 0 Å². The topological polar surface area (TPSA) is 40.5 Å². The third-order valence-electron chi connectivity index (χ3n) is 3.73. The first kappa shape index (κ1) is 17.0. The van der Waals surface area contributed by atoms with Gasteiger partial charge in [0.2, 0.25) is 0 Å². The van der Waals surface area contributed by atoms with Crippen LogP contribution in [-0.4, -0.2) is 21.5 Å². The molecule has 2 nitrogen and oxygen atoms in total. The van der Waals surface area contributed by atoms with Gasteiger partial charge in [-0.2, -0.15) is 0 Å². The molecule has 0 aliphatic rings. The van der Waals surface area contributed by atoms with Gasteiger partial charge in [-0.05, 0) is 48.2 Å². The van der Waals surface area contributed by atoms with Gasteiger partial charge in [0.15, 0.2) is 0 Å². The molecule has 0 amide bonds. The minimum Gasteiger partial charge on any atom is -0.508 e. The third kappa shape index (κ3) is 4.56. The number of unbranched alkanes of at least 4 members (excludes halogenated alkanes) is 1. The first-order valence-electron chi connectivity index (χ1n) is 7.39. The van der Waals surface area contributed by atoms with E-state index in [1.54, 1.807) is 24.3 Å². The Balaban J connectivity index is 2.27. The van der Waals surface area contributed by atoms with Crippen molar-refractivity contribution in [3.8, 4) is 11.5 Å². The van der Waals surface area contributed by atoms with Crippen LogP contribution in [0.25, 0.3) is 0 Å². The maximum atomic E-state index is 9.48. The molecule has 0 aliphatic carbocycles. The fraction of sp³-hybridized carbons (Fsp3) is 0.333. The Labute approximate surface area is 141 Å². The van der Waals surface area contributed by atoms with Crippen LogP contribution in [0, 0.1) is 0 Å². The van der Waals surface area contributed by atoms with Gasteiger partial charge in [-0.1, -0.05) is 30.7 Å². The lowest BCUT2D eigenvalue weighted by Gasteiger charge is -2.23. The zero-order chi connectivity index (χ0) is 15.9. The van der Waals surface area contributed by atoms with Crippen LogP contribution in [0.5, 0.6) is 11.5 Å². The fourth-order valence-electron chi connectivity index (χ4n) is 2.57. The zero-order valence-electron chi connectivity index (χ0n) is 12.3. The highest BCUT2D eigenvalue weighted by Gasteiger charge is 2.23. The van der Waals surface area contributed by atoms with Gasteiger partial charge in [0.25, 0.3) is 0 Å². The number of halogens is 2. The Bertz CT molecular complexity index is 521. The van der Waals surface area contributed by atoms with Crippen molar-refractivity contribution in [2.24, 2.45) is 0 Å². The number of aromatic hydroxyl groups is 2. The summed E-state index contributed by atoms with van der Waals surface area (Å²) in [5.74, 6) is 1.13. The van der Waals surface area contributed by atoms with Crippen molar-refractivity contribution in [2.45, 2.75) is 30.6 Å². The molecule has 22 heavy (non-hydrogen) atoms. The lowest BCUT2D eigenvalue weighted by Crippen LogP contribution is -2.14. The van der Waals surface area contributed by atoms with E-state index in [2.05, 4.69) is 0 Å². The van der Waals surface area contributed by atoms with Crippen molar-refractivity contribution >= 4 is 23.2 Å². The molecule has 4 heteroatoms. The number of phenolic OH excluding ortho intramolecular Hbond substituents is 2. The summed E-state index contributed by atoms with van der Waals surface area (Å²) in [6, 6.07) is 14.3. The molecule has 0 radical (unpaired) electrons. The Morgan fingerprint density at radius 1 is 0.773 bits per heavy atom. The predicted octanol–water partition coefficient (Wildman–Crippen LogP) is 5.25. The quantitative estimate of drug-likeness (QED) is 0.534. The highest BCUT2D eigenvalue weighted by molar-refractivity contribution is 6.21. The Morgan fingerprint density at radius 2 is 1.23 bits per heavy atom. The Morgan fingerprint density at radius 3 is 1.64 bits per heavy atom. The summed E-state index contributed by atoms with van der Waals surface area (Å²) in [7, 11) is 0. The van der Waals surface area contributed by atoms with E-state index in [4.69, 9.17) is 23.2 Å². The fourth-order valence-corrected chi connectivity index (χ4v) is 3.21. The van der Waals surface area contributed by atoms with Crippen molar-refractivity contribution in [2.75, 3.05) is 5.88 Å². The van der Waals surface area contributed by atoms with Gasteiger partial charge in [0.1, 0.15) is 11.5 Å². The van der Waals surface area contributed by atoms with E-state index in [0.717, 1.165) is 30.4 Å². The average molecular weight is 339 g/mol. The van der Waals surface area contributed by atoms with E-state index < -0.39 is 0 Å². The summed E-state index contributed by atoms with van der Waals surface area (Å²) in [4.78, 5) is 0. The second-order valence-corrected chi connectivity index (χ2v) is 6.30. The van der Waals surface area contributed by atoms with E-state index in [1.807, 2.05) is 24.3 Å². The molecular formula is C18H20Cl2O2. The van der Waals surface area contributed by atoms with Gasteiger partial charge in [0, 0.05) is 17.2 Å². The molecule has 1 unspecified atom stereocenters. The van der Waals surface area contributed by atoms with Crippen molar-refractivity contribution in [3.05, 3.63) is 59.7 Å².